The SMILES string of the molecule is COCCCn1cnnc1[C@H](C)NC(=O)c1cnc(C)c(C)c1. The van der Waals surface area contributed by atoms with Crippen molar-refractivity contribution in [3.05, 3.63) is 41.2 Å². The average Bonchev–Trinajstić information content (AvgIpc) is 2.98. The van der Waals surface area contributed by atoms with Crippen LogP contribution in [-0.2, 0) is 11.3 Å². The first-order valence-corrected chi connectivity index (χ1v) is 7.63. The van der Waals surface area contributed by atoms with Gasteiger partial charge in [-0.3, -0.25) is 9.78 Å². The van der Waals surface area contributed by atoms with E-state index in [0.717, 1.165) is 30.0 Å². The third-order valence-electron chi connectivity index (χ3n) is 3.73. The van der Waals surface area contributed by atoms with Gasteiger partial charge in [0.2, 0.25) is 0 Å². The number of carbonyl (C=O) groups excluding carboxylic acids is 1. The van der Waals surface area contributed by atoms with Gasteiger partial charge in [-0.05, 0) is 38.8 Å². The monoisotopic (exact) mass is 317 g/mol. The molecule has 124 valence electrons. The number of hydrogen-bond donors (Lipinski definition) is 1. The van der Waals surface area contributed by atoms with Crippen LogP contribution in [0.25, 0.3) is 0 Å². The normalized spacial score (nSPS) is 12.2. The molecule has 0 aliphatic heterocycles. The summed E-state index contributed by atoms with van der Waals surface area (Å²) in [4.78, 5) is 16.6. The summed E-state index contributed by atoms with van der Waals surface area (Å²) in [5, 5.41) is 11.0. The minimum atomic E-state index is -0.242. The molecule has 2 aromatic rings. The zero-order valence-electron chi connectivity index (χ0n) is 14.0. The van der Waals surface area contributed by atoms with E-state index in [0.29, 0.717) is 12.2 Å². The summed E-state index contributed by atoms with van der Waals surface area (Å²) in [6, 6.07) is 1.60. The molecular formula is C16H23N5O2. The van der Waals surface area contributed by atoms with Crippen LogP contribution in [0.15, 0.2) is 18.6 Å². The van der Waals surface area contributed by atoms with Crippen molar-refractivity contribution in [2.75, 3.05) is 13.7 Å². The lowest BCUT2D eigenvalue weighted by Gasteiger charge is -2.15. The molecule has 7 heteroatoms. The topological polar surface area (TPSA) is 81.9 Å². The zero-order valence-corrected chi connectivity index (χ0v) is 14.0. The van der Waals surface area contributed by atoms with Crippen molar-refractivity contribution in [2.45, 2.75) is 39.8 Å². The second-order valence-electron chi connectivity index (χ2n) is 5.55. The quantitative estimate of drug-likeness (QED) is 0.788. The number of aryl methyl sites for hydroxylation is 3. The van der Waals surface area contributed by atoms with Gasteiger partial charge in [0.05, 0.1) is 11.6 Å². The molecule has 1 amide bonds. The van der Waals surface area contributed by atoms with Crippen LogP contribution >= 0.6 is 0 Å². The average molecular weight is 317 g/mol. The number of ether oxygens (including phenoxy) is 1. The largest absolute Gasteiger partial charge is 0.385 e. The number of pyridine rings is 1. The molecule has 23 heavy (non-hydrogen) atoms. The molecule has 0 aromatic carbocycles. The first-order chi connectivity index (χ1) is 11.0. The highest BCUT2D eigenvalue weighted by atomic mass is 16.5. The van der Waals surface area contributed by atoms with E-state index in [4.69, 9.17) is 4.74 Å². The molecule has 2 aromatic heterocycles. The number of aromatic nitrogens is 4. The van der Waals surface area contributed by atoms with Crippen LogP contribution in [0.4, 0.5) is 0 Å². The maximum Gasteiger partial charge on any atom is 0.253 e. The van der Waals surface area contributed by atoms with Gasteiger partial charge in [-0.15, -0.1) is 10.2 Å². The predicted molar refractivity (Wildman–Crippen MR) is 86.1 cm³/mol. The highest BCUT2D eigenvalue weighted by Gasteiger charge is 2.17. The van der Waals surface area contributed by atoms with Crippen LogP contribution in [0.2, 0.25) is 0 Å². The molecule has 7 nitrogen and oxygen atoms in total. The Morgan fingerprint density at radius 3 is 2.91 bits per heavy atom. The number of methoxy groups -OCH3 is 1. The fraction of sp³-hybridized carbons (Fsp3) is 0.500. The Bertz CT molecular complexity index is 668. The van der Waals surface area contributed by atoms with Crippen LogP contribution in [0, 0.1) is 13.8 Å². The van der Waals surface area contributed by atoms with E-state index in [1.807, 2.05) is 31.4 Å². The second kappa shape index (κ2) is 7.82. The van der Waals surface area contributed by atoms with Crippen LogP contribution < -0.4 is 5.32 Å². The van der Waals surface area contributed by atoms with Gasteiger partial charge in [-0.25, -0.2) is 0 Å². The third-order valence-corrected chi connectivity index (χ3v) is 3.73. The summed E-state index contributed by atoms with van der Waals surface area (Å²) in [5.74, 6) is 0.561. The molecule has 0 aliphatic carbocycles. The molecule has 0 radical (unpaired) electrons. The lowest BCUT2D eigenvalue weighted by molar-refractivity contribution is 0.0937. The van der Waals surface area contributed by atoms with Crippen molar-refractivity contribution < 1.29 is 9.53 Å². The Morgan fingerprint density at radius 1 is 1.43 bits per heavy atom. The van der Waals surface area contributed by atoms with E-state index in [1.165, 1.54) is 0 Å². The number of carbonyl (C=O) groups is 1. The summed E-state index contributed by atoms with van der Waals surface area (Å²) in [6.07, 6.45) is 4.13. The summed E-state index contributed by atoms with van der Waals surface area (Å²) in [6.45, 7) is 7.18. The fourth-order valence-electron chi connectivity index (χ4n) is 2.26. The first-order valence-electron chi connectivity index (χ1n) is 7.63. The minimum Gasteiger partial charge on any atom is -0.385 e. The van der Waals surface area contributed by atoms with E-state index in [2.05, 4.69) is 20.5 Å². The van der Waals surface area contributed by atoms with Crippen molar-refractivity contribution >= 4 is 5.91 Å². The van der Waals surface area contributed by atoms with Crippen LogP contribution in [0.3, 0.4) is 0 Å². The maximum absolute atomic E-state index is 12.4. The fourth-order valence-corrected chi connectivity index (χ4v) is 2.26. The summed E-state index contributed by atoms with van der Waals surface area (Å²) >= 11 is 0. The van der Waals surface area contributed by atoms with Crippen molar-refractivity contribution in [3.63, 3.8) is 0 Å². The van der Waals surface area contributed by atoms with Gasteiger partial charge in [0.25, 0.3) is 5.91 Å². The lowest BCUT2D eigenvalue weighted by atomic mass is 10.1. The number of hydrogen-bond acceptors (Lipinski definition) is 5. The van der Waals surface area contributed by atoms with Crippen molar-refractivity contribution in [3.8, 4) is 0 Å². The molecule has 0 fully saturated rings. The van der Waals surface area contributed by atoms with Gasteiger partial charge in [-0.1, -0.05) is 0 Å². The molecule has 0 unspecified atom stereocenters. The second-order valence-corrected chi connectivity index (χ2v) is 5.55. The van der Waals surface area contributed by atoms with E-state index in [9.17, 15) is 4.79 Å². The van der Waals surface area contributed by atoms with Gasteiger partial charge in [-0.2, -0.15) is 0 Å². The van der Waals surface area contributed by atoms with E-state index in [1.54, 1.807) is 19.6 Å². The van der Waals surface area contributed by atoms with Gasteiger partial charge in [0.15, 0.2) is 5.82 Å². The van der Waals surface area contributed by atoms with Gasteiger partial charge in [0.1, 0.15) is 6.33 Å². The number of rotatable bonds is 7. The van der Waals surface area contributed by atoms with Crippen molar-refractivity contribution in [2.24, 2.45) is 0 Å². The van der Waals surface area contributed by atoms with Crippen molar-refractivity contribution in [1.82, 2.24) is 25.1 Å². The lowest BCUT2D eigenvalue weighted by Crippen LogP contribution is -2.29. The molecule has 0 saturated carbocycles. The molecule has 0 bridgehead atoms. The highest BCUT2D eigenvalue weighted by molar-refractivity contribution is 5.94. The number of nitrogens with one attached hydrogen (secondary N) is 1. The molecular weight excluding hydrogens is 294 g/mol. The van der Waals surface area contributed by atoms with E-state index in [-0.39, 0.29) is 11.9 Å². The minimum absolute atomic E-state index is 0.167. The van der Waals surface area contributed by atoms with Gasteiger partial charge >= 0.3 is 0 Å². The van der Waals surface area contributed by atoms with Gasteiger partial charge < -0.3 is 14.6 Å². The molecule has 2 rings (SSSR count). The zero-order chi connectivity index (χ0) is 16.8. The molecule has 1 atom stereocenters. The number of amides is 1. The number of nitrogens with zero attached hydrogens (tertiary/aromatic N) is 4. The molecule has 1 N–H and O–H groups in total. The molecule has 0 spiro atoms. The summed E-state index contributed by atoms with van der Waals surface area (Å²) in [7, 11) is 1.67. The van der Waals surface area contributed by atoms with Crippen LogP contribution in [-0.4, -0.2) is 39.4 Å². The third kappa shape index (κ3) is 4.35. The van der Waals surface area contributed by atoms with E-state index < -0.39 is 0 Å². The Hall–Kier alpha value is -2.28. The highest BCUT2D eigenvalue weighted by Crippen LogP contribution is 2.12. The standard InChI is InChI=1S/C16H23N5O2/c1-11-8-14(9-17-12(11)2)16(22)19-13(3)15-20-18-10-21(15)6-5-7-23-4/h8-10,13H,5-7H2,1-4H3,(H,19,22)/t13-/m0/s1. The maximum atomic E-state index is 12.4. The van der Waals surface area contributed by atoms with Crippen molar-refractivity contribution in [1.29, 1.82) is 0 Å². The smallest absolute Gasteiger partial charge is 0.253 e. The summed E-state index contributed by atoms with van der Waals surface area (Å²) < 4.78 is 6.99. The molecule has 2 heterocycles. The molecule has 0 saturated heterocycles. The van der Waals surface area contributed by atoms with Gasteiger partial charge in [0, 0.05) is 32.2 Å². The van der Waals surface area contributed by atoms with E-state index >= 15 is 0 Å². The molecule has 0 aliphatic rings. The Labute approximate surface area is 136 Å². The first kappa shape index (κ1) is 17.1. The predicted octanol–water partition coefficient (Wildman–Crippen LogP) is 1.82. The Morgan fingerprint density at radius 2 is 2.22 bits per heavy atom. The van der Waals surface area contributed by atoms with Crippen LogP contribution in [0.5, 0.6) is 0 Å². The van der Waals surface area contributed by atoms with Crippen LogP contribution in [0.1, 0.15) is 46.8 Å². The Kier molecular flexibility index (Phi) is 5.81. The summed E-state index contributed by atoms with van der Waals surface area (Å²) in [5.41, 5.74) is 2.46. The Balaban J connectivity index is 2.03.